The number of primary amides is 1. The minimum Gasteiger partial charge on any atom is -0.486 e. The molecule has 0 radical (unpaired) electrons. The standard InChI is InChI=1S/C44H61F2N5O10/c1-23(2)35(51-39(58)61-40(4,5)6)37(56)50-32(10-9-17-48-38(47)57)36(55)49-25-11-13-27(14-12-25)60-22-34(54)44(59)24(3)18-28-29-20-31(45)30-19-26(52)15-16-41(30,7)43(29,46)33(53)21-42(28,44)8/h11-16,19,23-24,28-29,31-33,35,53,59H,9-10,17-18,20-22H2,1-8H3,(H,49,55)(H,50,56)(H,51,58)(H3,47,48,57)/t24-,28+,29+,31+,32+,33+,35+,41+,42+,43+,44+/m1/s1. The van der Waals surface area contributed by atoms with Gasteiger partial charge < -0.3 is 46.7 Å². The molecule has 1 aromatic rings. The molecule has 0 saturated heterocycles. The van der Waals surface area contributed by atoms with Crippen molar-refractivity contribution in [3.63, 3.8) is 0 Å². The number of fused-ring (bicyclic) bond motifs is 5. The number of Topliss-reactive ketones (excluding diaryl/α,β-unsaturated/α-hetero) is 1. The molecule has 15 nitrogen and oxygen atoms in total. The first kappa shape index (κ1) is 47.2. The van der Waals surface area contributed by atoms with E-state index in [0.717, 1.165) is 6.08 Å². The van der Waals surface area contributed by atoms with Gasteiger partial charge in [-0.2, -0.15) is 0 Å². The number of nitrogens with one attached hydrogen (secondary N) is 4. The van der Waals surface area contributed by atoms with Gasteiger partial charge >= 0.3 is 12.1 Å². The van der Waals surface area contributed by atoms with Gasteiger partial charge in [-0.1, -0.05) is 33.8 Å². The van der Waals surface area contributed by atoms with Gasteiger partial charge in [0.05, 0.1) is 6.10 Å². The van der Waals surface area contributed by atoms with E-state index >= 15 is 8.78 Å². The van der Waals surface area contributed by atoms with Crippen molar-refractivity contribution in [2.75, 3.05) is 18.5 Å². The summed E-state index contributed by atoms with van der Waals surface area (Å²) in [7, 11) is 0. The van der Waals surface area contributed by atoms with E-state index < -0.39 is 112 Å². The number of carbonyl (C=O) groups excluding carboxylic acids is 6. The van der Waals surface area contributed by atoms with Crippen LogP contribution in [0.25, 0.3) is 0 Å². The number of anilines is 1. The molecule has 61 heavy (non-hydrogen) atoms. The molecule has 5 amide bonds. The summed E-state index contributed by atoms with van der Waals surface area (Å²) < 4.78 is 44.5. The average molecular weight is 858 g/mol. The van der Waals surface area contributed by atoms with Crippen molar-refractivity contribution in [2.45, 2.75) is 129 Å². The summed E-state index contributed by atoms with van der Waals surface area (Å²) in [6, 6.07) is 3.08. The highest BCUT2D eigenvalue weighted by molar-refractivity contribution is 6.01. The molecule has 0 unspecified atom stereocenters. The van der Waals surface area contributed by atoms with Crippen LogP contribution >= 0.6 is 0 Å². The van der Waals surface area contributed by atoms with Gasteiger partial charge in [0.25, 0.3) is 0 Å². The second kappa shape index (κ2) is 17.5. The lowest BCUT2D eigenvalue weighted by atomic mass is 9.44. The van der Waals surface area contributed by atoms with Crippen LogP contribution < -0.4 is 31.7 Å². The third-order valence-corrected chi connectivity index (χ3v) is 13.4. The number of ketones is 2. The number of benzene rings is 1. The number of hydrogen-bond donors (Lipinski definition) is 7. The number of aliphatic hydroxyl groups excluding tert-OH is 1. The molecule has 4 aliphatic rings. The number of amides is 5. The lowest BCUT2D eigenvalue weighted by Crippen LogP contribution is -2.70. The zero-order valence-corrected chi connectivity index (χ0v) is 36.1. The van der Waals surface area contributed by atoms with Gasteiger partial charge in [-0.3, -0.25) is 19.2 Å². The number of alkyl halides is 2. The average Bonchev–Trinajstić information content (AvgIpc) is 3.36. The van der Waals surface area contributed by atoms with Crippen LogP contribution in [0.2, 0.25) is 0 Å². The summed E-state index contributed by atoms with van der Waals surface area (Å²) in [6.45, 7) is 12.8. The number of urea groups is 1. The highest BCUT2D eigenvalue weighted by Crippen LogP contribution is 2.71. The van der Waals surface area contributed by atoms with Gasteiger partial charge in [-0.05, 0) is 120 Å². The third-order valence-electron chi connectivity index (χ3n) is 13.4. The van der Waals surface area contributed by atoms with Crippen LogP contribution in [-0.2, 0) is 23.9 Å². The van der Waals surface area contributed by atoms with Gasteiger partial charge in [-0.15, -0.1) is 0 Å². The van der Waals surface area contributed by atoms with E-state index in [2.05, 4.69) is 21.3 Å². The molecule has 8 N–H and O–H groups in total. The first-order chi connectivity index (χ1) is 28.3. The molecule has 4 aliphatic carbocycles. The van der Waals surface area contributed by atoms with Crippen molar-refractivity contribution in [3.05, 3.63) is 48.1 Å². The predicted molar refractivity (Wildman–Crippen MR) is 220 cm³/mol. The second-order valence-corrected chi connectivity index (χ2v) is 18.9. The Labute approximate surface area is 355 Å². The molecular formula is C44H61F2N5O10. The Hall–Kier alpha value is -4.90. The molecule has 3 fully saturated rings. The number of hydrogen-bond acceptors (Lipinski definition) is 10. The van der Waals surface area contributed by atoms with Crippen LogP contribution in [0.3, 0.4) is 0 Å². The Morgan fingerprint density at radius 1 is 1.02 bits per heavy atom. The zero-order chi connectivity index (χ0) is 45.5. The number of alkyl carbamates (subject to hydrolysis) is 1. The molecule has 3 saturated carbocycles. The summed E-state index contributed by atoms with van der Waals surface area (Å²) >= 11 is 0. The van der Waals surface area contributed by atoms with Crippen LogP contribution in [-0.4, -0.2) is 100 Å². The first-order valence-corrected chi connectivity index (χ1v) is 20.9. The molecule has 0 aromatic heterocycles. The molecule has 17 heteroatoms. The van der Waals surface area contributed by atoms with Gasteiger partial charge in [-0.25, -0.2) is 18.4 Å². The largest absolute Gasteiger partial charge is 0.486 e. The van der Waals surface area contributed by atoms with Gasteiger partial charge in [0.15, 0.2) is 11.5 Å². The number of nitrogens with two attached hydrogens (primary N) is 1. The van der Waals surface area contributed by atoms with Crippen molar-refractivity contribution >= 4 is 41.2 Å². The predicted octanol–water partition coefficient (Wildman–Crippen LogP) is 4.35. The second-order valence-electron chi connectivity index (χ2n) is 18.9. The summed E-state index contributed by atoms with van der Waals surface area (Å²) in [5.41, 5.74) is -2.70. The number of rotatable bonds is 14. The van der Waals surface area contributed by atoms with E-state index in [1.807, 2.05) is 0 Å². The minimum absolute atomic E-state index is 0.0107. The molecular weight excluding hydrogens is 797 g/mol. The fraction of sp³-hybridized carbons (Fsp3) is 0.636. The lowest BCUT2D eigenvalue weighted by molar-refractivity contribution is -0.223. The van der Waals surface area contributed by atoms with E-state index in [9.17, 15) is 39.0 Å². The third kappa shape index (κ3) is 9.04. The SMILES string of the molecule is CC(C)[C@H](NC(=O)OC(C)(C)C)C(=O)N[C@@H](CCCNC(N)=O)C(=O)Nc1ccc(OCC(=O)[C@@]2(O)[C@H](C)C[C@H]3[C@@H]4C[C@H](F)C5=CC(=O)C=C[C@]5(C)[C@@]4(F)[C@@H](O)C[C@@]32C)cc1. The van der Waals surface area contributed by atoms with E-state index in [-0.39, 0.29) is 55.9 Å². The summed E-state index contributed by atoms with van der Waals surface area (Å²) in [5.74, 6) is -4.97. The summed E-state index contributed by atoms with van der Waals surface area (Å²) in [5, 5.41) is 34.3. The zero-order valence-electron chi connectivity index (χ0n) is 36.1. The van der Waals surface area contributed by atoms with Gasteiger partial charge in [0.2, 0.25) is 17.6 Å². The first-order valence-electron chi connectivity index (χ1n) is 20.9. The lowest BCUT2D eigenvalue weighted by Gasteiger charge is -2.63. The topological polar surface area (TPSA) is 235 Å². The molecule has 11 atom stereocenters. The van der Waals surface area contributed by atoms with Crippen LogP contribution in [0.1, 0.15) is 87.5 Å². The number of halogens is 2. The number of carbonyl (C=O) groups is 6. The fourth-order valence-corrected chi connectivity index (χ4v) is 10.3. The quantitative estimate of drug-likeness (QED) is 0.131. The van der Waals surface area contributed by atoms with E-state index in [1.165, 1.54) is 43.3 Å². The monoisotopic (exact) mass is 857 g/mol. The minimum atomic E-state index is -2.35. The Kier molecular flexibility index (Phi) is 13.5. The Morgan fingerprint density at radius 3 is 2.28 bits per heavy atom. The van der Waals surface area contributed by atoms with Gasteiger partial charge in [0.1, 0.15) is 41.8 Å². The smallest absolute Gasteiger partial charge is 0.408 e. The van der Waals surface area contributed by atoms with E-state index in [4.69, 9.17) is 15.2 Å². The maximum absolute atomic E-state index is 17.6. The van der Waals surface area contributed by atoms with Crippen LogP contribution in [0, 0.1) is 34.5 Å². The molecule has 0 aliphatic heterocycles. The Morgan fingerprint density at radius 2 is 1.67 bits per heavy atom. The maximum Gasteiger partial charge on any atom is 0.408 e. The highest BCUT2D eigenvalue weighted by Gasteiger charge is 2.76. The van der Waals surface area contributed by atoms with Crippen LogP contribution in [0.4, 0.5) is 24.1 Å². The summed E-state index contributed by atoms with van der Waals surface area (Å²) in [6.07, 6.45) is -0.534. The van der Waals surface area contributed by atoms with Gasteiger partial charge in [0, 0.05) is 29.0 Å². The van der Waals surface area contributed by atoms with E-state index in [0.29, 0.717) is 5.69 Å². The van der Waals surface area contributed by atoms with E-state index in [1.54, 1.807) is 48.5 Å². The Balaban J connectivity index is 1.25. The van der Waals surface area contributed by atoms with Crippen molar-refractivity contribution in [3.8, 4) is 5.75 Å². The van der Waals surface area contributed by atoms with Crippen LogP contribution in [0.15, 0.2) is 48.1 Å². The number of allylic oxidation sites excluding steroid dienone is 4. The molecule has 336 valence electrons. The molecule has 1 aromatic carbocycles. The molecule has 0 bridgehead atoms. The molecule has 0 heterocycles. The molecule has 0 spiro atoms. The normalized spacial score (nSPS) is 32.6. The van der Waals surface area contributed by atoms with Crippen LogP contribution in [0.5, 0.6) is 5.75 Å². The Bertz CT molecular complexity index is 1950. The maximum atomic E-state index is 17.6. The van der Waals surface area contributed by atoms with Crippen molar-refractivity contribution < 1.29 is 57.2 Å². The highest BCUT2D eigenvalue weighted by atomic mass is 19.1. The van der Waals surface area contributed by atoms with Crippen molar-refractivity contribution in [1.82, 2.24) is 16.0 Å². The van der Waals surface area contributed by atoms with Crippen molar-refractivity contribution in [2.24, 2.45) is 40.2 Å². The number of ether oxygens (including phenoxy) is 2. The molecule has 5 rings (SSSR count). The van der Waals surface area contributed by atoms with Crippen molar-refractivity contribution in [1.29, 1.82) is 0 Å². The summed E-state index contributed by atoms with van der Waals surface area (Å²) in [4.78, 5) is 76.9. The fourth-order valence-electron chi connectivity index (χ4n) is 10.3. The number of aliphatic hydroxyl groups is 2.